The number of aromatic nitrogens is 1. The Bertz CT molecular complexity index is 320. The predicted molar refractivity (Wildman–Crippen MR) is 71.9 cm³/mol. The molecule has 0 aliphatic heterocycles. The van der Waals surface area contributed by atoms with Crippen molar-refractivity contribution in [3.63, 3.8) is 0 Å². The maximum Gasteiger partial charge on any atom is 0.0965 e. The van der Waals surface area contributed by atoms with Gasteiger partial charge in [-0.3, -0.25) is 0 Å². The van der Waals surface area contributed by atoms with Gasteiger partial charge in [0, 0.05) is 23.5 Å². The maximum absolute atomic E-state index is 4.29. The number of nitrogens with one attached hydrogen (secondary N) is 1. The Labute approximate surface area is 103 Å². The van der Waals surface area contributed by atoms with Crippen LogP contribution >= 0.6 is 11.3 Å². The van der Waals surface area contributed by atoms with Gasteiger partial charge in [-0.1, -0.05) is 11.6 Å². The van der Waals surface area contributed by atoms with Crippen molar-refractivity contribution in [1.29, 1.82) is 0 Å². The molecule has 1 rings (SSSR count). The van der Waals surface area contributed by atoms with E-state index >= 15 is 0 Å². The fourth-order valence-electron chi connectivity index (χ4n) is 1.42. The van der Waals surface area contributed by atoms with Gasteiger partial charge in [0.15, 0.2) is 0 Å². The fourth-order valence-corrected chi connectivity index (χ4v) is 2.13. The number of hydrogen-bond acceptors (Lipinski definition) is 3. The molecule has 0 aromatic carbocycles. The van der Waals surface area contributed by atoms with Gasteiger partial charge in [-0.25, -0.2) is 4.98 Å². The highest BCUT2D eigenvalue weighted by molar-refractivity contribution is 7.09. The van der Waals surface area contributed by atoms with Crippen molar-refractivity contribution in [2.24, 2.45) is 0 Å². The molecule has 0 bridgehead atoms. The van der Waals surface area contributed by atoms with Gasteiger partial charge in [-0.2, -0.15) is 0 Å². The second-order valence-corrected chi connectivity index (χ2v) is 6.10. The summed E-state index contributed by atoms with van der Waals surface area (Å²) >= 11 is 1.73. The van der Waals surface area contributed by atoms with Crippen LogP contribution < -0.4 is 5.32 Å². The molecule has 0 saturated heterocycles. The smallest absolute Gasteiger partial charge is 0.0965 e. The molecule has 16 heavy (non-hydrogen) atoms. The molecule has 0 atom stereocenters. The van der Waals surface area contributed by atoms with E-state index in [-0.39, 0.29) is 5.54 Å². The SMILES string of the molecule is CC(=CCCNC(C)(C)C)Cc1nccs1. The lowest BCUT2D eigenvalue weighted by Crippen LogP contribution is -2.36. The molecule has 1 heterocycles. The summed E-state index contributed by atoms with van der Waals surface area (Å²) in [6.45, 7) is 9.80. The molecule has 0 aliphatic rings. The Morgan fingerprint density at radius 3 is 2.81 bits per heavy atom. The minimum absolute atomic E-state index is 0.219. The molecule has 1 aromatic heterocycles. The van der Waals surface area contributed by atoms with Crippen LogP contribution in [0.3, 0.4) is 0 Å². The number of hydrogen-bond donors (Lipinski definition) is 1. The zero-order valence-corrected chi connectivity index (χ0v) is 11.5. The molecular weight excluding hydrogens is 216 g/mol. The third-order valence-corrected chi connectivity index (χ3v) is 2.99. The minimum Gasteiger partial charge on any atom is -0.312 e. The highest BCUT2D eigenvalue weighted by Crippen LogP contribution is 2.10. The topological polar surface area (TPSA) is 24.9 Å². The predicted octanol–water partition coefficient (Wildman–Crippen LogP) is 3.41. The van der Waals surface area contributed by atoms with E-state index in [0.29, 0.717) is 0 Å². The lowest BCUT2D eigenvalue weighted by Gasteiger charge is -2.19. The van der Waals surface area contributed by atoms with Crippen LogP contribution in [-0.2, 0) is 6.42 Å². The molecule has 2 nitrogen and oxygen atoms in total. The first-order valence-electron chi connectivity index (χ1n) is 5.76. The van der Waals surface area contributed by atoms with E-state index in [1.54, 1.807) is 11.3 Å². The van der Waals surface area contributed by atoms with Gasteiger partial charge in [0.25, 0.3) is 0 Å². The average Bonchev–Trinajstić information content (AvgIpc) is 2.63. The van der Waals surface area contributed by atoms with Gasteiger partial charge in [0.05, 0.1) is 5.01 Å². The Hall–Kier alpha value is -0.670. The van der Waals surface area contributed by atoms with E-state index in [0.717, 1.165) is 19.4 Å². The van der Waals surface area contributed by atoms with E-state index in [4.69, 9.17) is 0 Å². The largest absolute Gasteiger partial charge is 0.312 e. The minimum atomic E-state index is 0.219. The standard InChI is InChI=1S/C13H22N2S/c1-11(10-12-14-8-9-16-12)6-5-7-15-13(2,3)4/h6,8-9,15H,5,7,10H2,1-4H3. The molecule has 90 valence electrons. The van der Waals surface area contributed by atoms with Crippen molar-refractivity contribution in [2.45, 2.75) is 46.1 Å². The number of rotatable bonds is 5. The Morgan fingerprint density at radius 1 is 1.50 bits per heavy atom. The van der Waals surface area contributed by atoms with Gasteiger partial charge in [0.2, 0.25) is 0 Å². The van der Waals surface area contributed by atoms with E-state index < -0.39 is 0 Å². The second kappa shape index (κ2) is 6.16. The molecule has 1 N–H and O–H groups in total. The van der Waals surface area contributed by atoms with Gasteiger partial charge in [-0.15, -0.1) is 11.3 Å². The van der Waals surface area contributed by atoms with Gasteiger partial charge in [-0.05, 0) is 40.7 Å². The summed E-state index contributed by atoms with van der Waals surface area (Å²) < 4.78 is 0. The third-order valence-electron chi connectivity index (χ3n) is 2.21. The maximum atomic E-state index is 4.29. The van der Waals surface area contributed by atoms with Crippen molar-refractivity contribution in [3.8, 4) is 0 Å². The molecule has 0 amide bonds. The van der Waals surface area contributed by atoms with Crippen LogP contribution in [0.1, 0.15) is 39.1 Å². The average molecular weight is 238 g/mol. The molecule has 1 aromatic rings. The molecule has 0 spiro atoms. The van der Waals surface area contributed by atoms with Crippen LogP contribution in [0, 0.1) is 0 Å². The number of nitrogens with zero attached hydrogens (tertiary/aromatic N) is 1. The first-order valence-corrected chi connectivity index (χ1v) is 6.64. The highest BCUT2D eigenvalue weighted by atomic mass is 32.1. The first kappa shape index (κ1) is 13.4. The van der Waals surface area contributed by atoms with E-state index in [1.165, 1.54) is 10.6 Å². The number of thiazole rings is 1. The Balaban J connectivity index is 2.24. The lowest BCUT2D eigenvalue weighted by atomic mass is 10.1. The van der Waals surface area contributed by atoms with Crippen molar-refractivity contribution < 1.29 is 0 Å². The van der Waals surface area contributed by atoms with Gasteiger partial charge < -0.3 is 5.32 Å². The summed E-state index contributed by atoms with van der Waals surface area (Å²) in [4.78, 5) is 4.29. The van der Waals surface area contributed by atoms with Crippen LogP contribution in [0.2, 0.25) is 0 Å². The molecule has 0 fully saturated rings. The molecule has 0 unspecified atom stereocenters. The fraction of sp³-hybridized carbons (Fsp3) is 0.615. The van der Waals surface area contributed by atoms with Crippen LogP contribution in [0.15, 0.2) is 23.2 Å². The monoisotopic (exact) mass is 238 g/mol. The van der Waals surface area contributed by atoms with Crippen molar-refractivity contribution in [3.05, 3.63) is 28.2 Å². The quantitative estimate of drug-likeness (QED) is 0.628. The molecule has 0 aliphatic carbocycles. The normalized spacial score (nSPS) is 13.1. The summed E-state index contributed by atoms with van der Waals surface area (Å²) in [7, 11) is 0. The van der Waals surface area contributed by atoms with Crippen molar-refractivity contribution in [1.82, 2.24) is 10.3 Å². The van der Waals surface area contributed by atoms with Crippen LogP contribution in [-0.4, -0.2) is 17.1 Å². The summed E-state index contributed by atoms with van der Waals surface area (Å²) in [5.74, 6) is 0. The van der Waals surface area contributed by atoms with E-state index in [1.807, 2.05) is 11.6 Å². The van der Waals surface area contributed by atoms with Crippen LogP contribution in [0.5, 0.6) is 0 Å². The summed E-state index contributed by atoms with van der Waals surface area (Å²) in [5.41, 5.74) is 1.63. The second-order valence-electron chi connectivity index (χ2n) is 5.12. The zero-order valence-electron chi connectivity index (χ0n) is 10.7. The summed E-state index contributed by atoms with van der Waals surface area (Å²) in [5, 5.41) is 6.72. The molecular formula is C13H22N2S. The zero-order chi connectivity index (χ0) is 12.0. The van der Waals surface area contributed by atoms with Crippen LogP contribution in [0.4, 0.5) is 0 Å². The number of allylic oxidation sites excluding steroid dienone is 1. The van der Waals surface area contributed by atoms with Crippen LogP contribution in [0.25, 0.3) is 0 Å². The Kier molecular flexibility index (Phi) is 5.16. The Morgan fingerprint density at radius 2 is 2.25 bits per heavy atom. The molecule has 0 saturated carbocycles. The lowest BCUT2D eigenvalue weighted by molar-refractivity contribution is 0.431. The summed E-state index contributed by atoms with van der Waals surface area (Å²) in [6.07, 6.45) is 6.26. The summed E-state index contributed by atoms with van der Waals surface area (Å²) in [6, 6.07) is 0. The molecule has 3 heteroatoms. The first-order chi connectivity index (χ1) is 7.47. The molecule has 0 radical (unpaired) electrons. The third kappa shape index (κ3) is 6.03. The van der Waals surface area contributed by atoms with Crippen molar-refractivity contribution >= 4 is 11.3 Å². The van der Waals surface area contributed by atoms with E-state index in [2.05, 4.69) is 44.1 Å². The van der Waals surface area contributed by atoms with Crippen molar-refractivity contribution in [2.75, 3.05) is 6.54 Å². The van der Waals surface area contributed by atoms with Gasteiger partial charge in [0.1, 0.15) is 0 Å². The van der Waals surface area contributed by atoms with E-state index in [9.17, 15) is 0 Å². The highest BCUT2D eigenvalue weighted by Gasteiger charge is 2.06. The van der Waals surface area contributed by atoms with Gasteiger partial charge >= 0.3 is 0 Å².